The van der Waals surface area contributed by atoms with Gasteiger partial charge in [0.25, 0.3) is 0 Å². The van der Waals surface area contributed by atoms with Crippen LogP contribution >= 0.6 is 15.9 Å². The van der Waals surface area contributed by atoms with E-state index in [9.17, 15) is 0 Å². The van der Waals surface area contributed by atoms with Crippen molar-refractivity contribution in [3.63, 3.8) is 0 Å². The van der Waals surface area contributed by atoms with E-state index < -0.39 is 0 Å². The lowest BCUT2D eigenvalue weighted by atomic mass is 9.90. The summed E-state index contributed by atoms with van der Waals surface area (Å²) >= 11 is 3.49. The normalized spacial score (nSPS) is 16.7. The molecule has 1 atom stereocenters. The zero-order valence-corrected chi connectivity index (χ0v) is 15.2. The highest BCUT2D eigenvalue weighted by atomic mass is 79.9. The molecule has 1 heterocycles. The van der Waals surface area contributed by atoms with Gasteiger partial charge in [0.05, 0.1) is 14.2 Å². The van der Waals surface area contributed by atoms with Crippen LogP contribution in [0.25, 0.3) is 0 Å². The lowest BCUT2D eigenvalue weighted by molar-refractivity contribution is 0.351. The van der Waals surface area contributed by atoms with Crippen LogP contribution in [0.3, 0.4) is 0 Å². The highest BCUT2D eigenvalue weighted by Gasteiger charge is 2.22. The maximum Gasteiger partial charge on any atom is 0.161 e. The number of fused-ring (bicyclic) bond motifs is 1. The molecule has 3 rings (SSSR count). The van der Waals surface area contributed by atoms with Crippen LogP contribution in [0, 0.1) is 0 Å². The summed E-state index contributed by atoms with van der Waals surface area (Å²) < 4.78 is 12.0. The van der Waals surface area contributed by atoms with Crippen molar-refractivity contribution in [3.8, 4) is 11.5 Å². The second-order valence-electron chi connectivity index (χ2n) is 5.83. The van der Waals surface area contributed by atoms with Crippen LogP contribution in [0.2, 0.25) is 0 Å². The van der Waals surface area contributed by atoms with Crippen molar-refractivity contribution in [2.75, 3.05) is 20.8 Å². The predicted octanol–water partition coefficient (Wildman–Crippen LogP) is 4.29. The van der Waals surface area contributed by atoms with E-state index in [1.165, 1.54) is 16.7 Å². The summed E-state index contributed by atoms with van der Waals surface area (Å²) in [6.45, 7) is 1.01. The first-order valence-electron chi connectivity index (χ1n) is 7.94. The summed E-state index contributed by atoms with van der Waals surface area (Å²) in [5.74, 6) is 1.63. The second-order valence-corrected chi connectivity index (χ2v) is 6.74. The predicted molar refractivity (Wildman–Crippen MR) is 96.5 cm³/mol. The Bertz CT molecular complexity index is 670. The molecule has 1 N–H and O–H groups in total. The number of aryl methyl sites for hydroxylation is 1. The number of ether oxygens (including phenoxy) is 2. The number of halogens is 1. The molecule has 0 radical (unpaired) electrons. The summed E-state index contributed by atoms with van der Waals surface area (Å²) in [6, 6.07) is 13.2. The molecule has 1 unspecified atom stereocenters. The molecule has 4 heteroatoms. The van der Waals surface area contributed by atoms with Gasteiger partial charge in [-0.3, -0.25) is 0 Å². The Morgan fingerprint density at radius 2 is 1.78 bits per heavy atom. The SMILES string of the molecule is COc1cc2c(cc1OC)C(CCc1ccc(Br)cc1)NCC2. The third kappa shape index (κ3) is 3.70. The van der Waals surface area contributed by atoms with Crippen molar-refractivity contribution < 1.29 is 9.47 Å². The molecule has 23 heavy (non-hydrogen) atoms. The third-order valence-corrected chi connectivity index (χ3v) is 4.97. The van der Waals surface area contributed by atoms with Crippen molar-refractivity contribution in [2.24, 2.45) is 0 Å². The molecule has 1 aliphatic heterocycles. The van der Waals surface area contributed by atoms with Crippen LogP contribution in [0.4, 0.5) is 0 Å². The molecule has 122 valence electrons. The summed E-state index contributed by atoms with van der Waals surface area (Å²) in [5, 5.41) is 3.64. The van der Waals surface area contributed by atoms with Crippen molar-refractivity contribution in [2.45, 2.75) is 25.3 Å². The number of hydrogen-bond acceptors (Lipinski definition) is 3. The molecule has 1 aliphatic rings. The fourth-order valence-electron chi connectivity index (χ4n) is 3.19. The Morgan fingerprint density at radius 1 is 1.09 bits per heavy atom. The van der Waals surface area contributed by atoms with Gasteiger partial charge in [-0.1, -0.05) is 28.1 Å². The molecule has 2 aromatic carbocycles. The van der Waals surface area contributed by atoms with Crippen molar-refractivity contribution in [1.82, 2.24) is 5.32 Å². The van der Waals surface area contributed by atoms with E-state index in [1.54, 1.807) is 14.2 Å². The van der Waals surface area contributed by atoms with E-state index in [-0.39, 0.29) is 0 Å². The van der Waals surface area contributed by atoms with E-state index in [1.807, 2.05) is 0 Å². The Hall–Kier alpha value is -1.52. The Labute approximate surface area is 146 Å². The van der Waals surface area contributed by atoms with Crippen molar-refractivity contribution >= 4 is 15.9 Å². The minimum Gasteiger partial charge on any atom is -0.493 e. The molecular weight excluding hydrogens is 354 g/mol. The zero-order valence-electron chi connectivity index (χ0n) is 13.6. The zero-order chi connectivity index (χ0) is 16.2. The summed E-state index contributed by atoms with van der Waals surface area (Å²) in [5.41, 5.74) is 4.07. The average Bonchev–Trinajstić information content (AvgIpc) is 2.60. The van der Waals surface area contributed by atoms with E-state index in [2.05, 4.69) is 57.6 Å². The average molecular weight is 376 g/mol. The quantitative estimate of drug-likeness (QED) is 0.845. The fraction of sp³-hybridized carbons (Fsp3) is 0.368. The largest absolute Gasteiger partial charge is 0.493 e. The maximum absolute atomic E-state index is 5.47. The van der Waals surface area contributed by atoms with Gasteiger partial charge in [-0.15, -0.1) is 0 Å². The second kappa shape index (κ2) is 7.37. The van der Waals surface area contributed by atoms with E-state index in [4.69, 9.17) is 9.47 Å². The van der Waals surface area contributed by atoms with Crippen LogP contribution < -0.4 is 14.8 Å². The Morgan fingerprint density at radius 3 is 2.48 bits per heavy atom. The van der Waals surface area contributed by atoms with Gasteiger partial charge in [0, 0.05) is 10.5 Å². The van der Waals surface area contributed by atoms with Gasteiger partial charge in [-0.2, -0.15) is 0 Å². The van der Waals surface area contributed by atoms with Crippen LogP contribution in [0.15, 0.2) is 40.9 Å². The minimum absolute atomic E-state index is 0.363. The standard InChI is InChI=1S/C19H22BrNO2/c1-22-18-11-14-9-10-21-17(16(14)12-19(18)23-2)8-5-13-3-6-15(20)7-4-13/h3-4,6-7,11-12,17,21H,5,8-10H2,1-2H3. The van der Waals surface area contributed by atoms with Crippen LogP contribution in [-0.4, -0.2) is 20.8 Å². The van der Waals surface area contributed by atoms with Gasteiger partial charge < -0.3 is 14.8 Å². The third-order valence-electron chi connectivity index (χ3n) is 4.44. The summed E-state index contributed by atoms with van der Waals surface area (Å²) in [7, 11) is 3.38. The smallest absolute Gasteiger partial charge is 0.161 e. The molecular formula is C19H22BrNO2. The first kappa shape index (κ1) is 16.3. The lowest BCUT2D eigenvalue weighted by Crippen LogP contribution is -2.30. The number of rotatable bonds is 5. The molecule has 0 amide bonds. The van der Waals surface area contributed by atoms with Crippen LogP contribution in [-0.2, 0) is 12.8 Å². The highest BCUT2D eigenvalue weighted by molar-refractivity contribution is 9.10. The van der Waals surface area contributed by atoms with Gasteiger partial charge in [-0.05, 0) is 66.8 Å². The van der Waals surface area contributed by atoms with E-state index >= 15 is 0 Å². The first-order chi connectivity index (χ1) is 11.2. The summed E-state index contributed by atoms with van der Waals surface area (Å²) in [6.07, 6.45) is 3.16. The number of nitrogens with one attached hydrogen (secondary N) is 1. The molecule has 3 nitrogen and oxygen atoms in total. The first-order valence-corrected chi connectivity index (χ1v) is 8.73. The molecule has 2 aromatic rings. The summed E-state index contributed by atoms with van der Waals surface area (Å²) in [4.78, 5) is 0. The van der Waals surface area contributed by atoms with E-state index in [0.717, 1.165) is 41.8 Å². The number of methoxy groups -OCH3 is 2. The lowest BCUT2D eigenvalue weighted by Gasteiger charge is -2.28. The molecule has 0 aliphatic carbocycles. The van der Waals surface area contributed by atoms with Crippen molar-refractivity contribution in [3.05, 3.63) is 57.6 Å². The van der Waals surface area contributed by atoms with Gasteiger partial charge in [-0.25, -0.2) is 0 Å². The van der Waals surface area contributed by atoms with Crippen LogP contribution in [0.5, 0.6) is 11.5 Å². The molecule has 0 aromatic heterocycles. The van der Waals surface area contributed by atoms with E-state index in [0.29, 0.717) is 6.04 Å². The fourth-order valence-corrected chi connectivity index (χ4v) is 3.45. The Balaban J connectivity index is 1.79. The molecule has 0 spiro atoms. The molecule has 0 bridgehead atoms. The van der Waals surface area contributed by atoms with Crippen LogP contribution in [0.1, 0.15) is 29.2 Å². The van der Waals surface area contributed by atoms with Crippen molar-refractivity contribution in [1.29, 1.82) is 0 Å². The highest BCUT2D eigenvalue weighted by Crippen LogP contribution is 2.36. The van der Waals surface area contributed by atoms with Gasteiger partial charge in [0.1, 0.15) is 0 Å². The number of benzene rings is 2. The number of hydrogen-bond donors (Lipinski definition) is 1. The topological polar surface area (TPSA) is 30.5 Å². The minimum atomic E-state index is 0.363. The monoisotopic (exact) mass is 375 g/mol. The Kier molecular flexibility index (Phi) is 5.23. The maximum atomic E-state index is 5.47. The molecule has 0 saturated carbocycles. The van der Waals surface area contributed by atoms with Gasteiger partial charge >= 0.3 is 0 Å². The molecule has 0 fully saturated rings. The molecule has 0 saturated heterocycles. The van der Waals surface area contributed by atoms with Gasteiger partial charge in [0.2, 0.25) is 0 Å². The van der Waals surface area contributed by atoms with Gasteiger partial charge in [0.15, 0.2) is 11.5 Å².